The van der Waals surface area contributed by atoms with Crippen molar-refractivity contribution in [3.63, 3.8) is 0 Å². The number of amides is 2. The van der Waals surface area contributed by atoms with E-state index < -0.39 is 5.91 Å². The van der Waals surface area contributed by atoms with Gasteiger partial charge in [-0.05, 0) is 59.8 Å². The average Bonchev–Trinajstić information content (AvgIpc) is 3.24. The van der Waals surface area contributed by atoms with Crippen molar-refractivity contribution < 1.29 is 14.0 Å². The first kappa shape index (κ1) is 21.3. The van der Waals surface area contributed by atoms with Crippen LogP contribution in [0.4, 0.5) is 4.79 Å². The van der Waals surface area contributed by atoms with Gasteiger partial charge in [-0.2, -0.15) is 0 Å². The summed E-state index contributed by atoms with van der Waals surface area (Å²) in [6.07, 6.45) is 1.53. The van der Waals surface area contributed by atoms with Crippen LogP contribution in [0.5, 0.6) is 0 Å². The third-order valence-corrected chi connectivity index (χ3v) is 6.36. The molecule has 0 spiro atoms. The molecule has 1 fully saturated rings. The van der Waals surface area contributed by atoms with Crippen LogP contribution in [-0.4, -0.2) is 16.0 Å². The normalized spacial score (nSPS) is 15.5. The minimum Gasteiger partial charge on any atom is -0.457 e. The first-order valence-electron chi connectivity index (χ1n) is 8.56. The van der Waals surface area contributed by atoms with Crippen LogP contribution in [0.15, 0.2) is 57.9 Å². The number of imide groups is 1. The molecule has 0 N–H and O–H groups in total. The summed E-state index contributed by atoms with van der Waals surface area (Å²) in [7, 11) is 0. The summed E-state index contributed by atoms with van der Waals surface area (Å²) < 4.78 is 5.79. The number of carbonyl (C=O) groups is 2. The number of nitrogens with zero attached hydrogens (tertiary/aromatic N) is 1. The number of benzene rings is 2. The molecule has 0 unspecified atom stereocenters. The molecule has 1 aromatic heterocycles. The standard InChI is InChI=1S/C21H11Cl4NO3S/c22-12-2-1-11(16(24)7-12)10-26-20(27)19(30-21(26)28)9-14-4-6-18(29-14)15-5-3-13(23)8-17(15)25/h1-9H,10H2/b19-9-. The maximum absolute atomic E-state index is 12.7. The molecule has 1 aliphatic heterocycles. The van der Waals surface area contributed by atoms with Gasteiger partial charge in [0.25, 0.3) is 11.1 Å². The number of halogens is 4. The number of hydrogen-bond donors (Lipinski definition) is 0. The fourth-order valence-electron chi connectivity index (χ4n) is 2.85. The van der Waals surface area contributed by atoms with Gasteiger partial charge in [-0.1, -0.05) is 52.5 Å². The molecular weight excluding hydrogens is 488 g/mol. The predicted octanol–water partition coefficient (Wildman–Crippen LogP) is 7.80. The molecule has 3 aromatic rings. The van der Waals surface area contributed by atoms with Gasteiger partial charge in [-0.25, -0.2) is 0 Å². The van der Waals surface area contributed by atoms with Crippen molar-refractivity contribution in [2.45, 2.75) is 6.54 Å². The Hall–Kier alpha value is -1.89. The molecule has 1 saturated heterocycles. The van der Waals surface area contributed by atoms with Crippen molar-refractivity contribution in [2.24, 2.45) is 0 Å². The Morgan fingerprint density at radius 1 is 0.900 bits per heavy atom. The highest BCUT2D eigenvalue weighted by molar-refractivity contribution is 8.18. The zero-order valence-electron chi connectivity index (χ0n) is 15.0. The van der Waals surface area contributed by atoms with Crippen LogP contribution in [0, 0.1) is 0 Å². The van der Waals surface area contributed by atoms with Gasteiger partial charge in [0, 0.05) is 26.7 Å². The lowest BCUT2D eigenvalue weighted by Gasteiger charge is -2.13. The van der Waals surface area contributed by atoms with E-state index in [1.165, 1.54) is 6.08 Å². The molecule has 0 bridgehead atoms. The molecule has 4 nitrogen and oxygen atoms in total. The molecule has 2 heterocycles. The summed E-state index contributed by atoms with van der Waals surface area (Å²) in [5.41, 5.74) is 1.30. The first-order valence-corrected chi connectivity index (χ1v) is 10.9. The highest BCUT2D eigenvalue weighted by atomic mass is 35.5. The summed E-state index contributed by atoms with van der Waals surface area (Å²) in [4.78, 5) is 26.5. The monoisotopic (exact) mass is 497 g/mol. The molecule has 152 valence electrons. The highest BCUT2D eigenvalue weighted by Gasteiger charge is 2.35. The van der Waals surface area contributed by atoms with Gasteiger partial charge in [0.2, 0.25) is 0 Å². The Kier molecular flexibility index (Phi) is 6.19. The number of furan rings is 1. The second-order valence-electron chi connectivity index (χ2n) is 6.33. The third-order valence-electron chi connectivity index (χ3n) is 4.31. The van der Waals surface area contributed by atoms with Crippen LogP contribution < -0.4 is 0 Å². The molecule has 0 radical (unpaired) electrons. The number of rotatable bonds is 4. The van der Waals surface area contributed by atoms with E-state index in [-0.39, 0.29) is 16.7 Å². The molecule has 0 saturated carbocycles. The van der Waals surface area contributed by atoms with E-state index in [1.54, 1.807) is 48.5 Å². The largest absolute Gasteiger partial charge is 0.457 e. The van der Waals surface area contributed by atoms with Crippen LogP contribution in [-0.2, 0) is 11.3 Å². The molecule has 4 rings (SSSR count). The van der Waals surface area contributed by atoms with E-state index >= 15 is 0 Å². The van der Waals surface area contributed by atoms with Crippen molar-refractivity contribution in [2.75, 3.05) is 0 Å². The van der Waals surface area contributed by atoms with E-state index in [0.717, 1.165) is 16.7 Å². The zero-order chi connectivity index (χ0) is 21.4. The lowest BCUT2D eigenvalue weighted by Crippen LogP contribution is -2.27. The molecule has 1 aliphatic rings. The van der Waals surface area contributed by atoms with E-state index in [2.05, 4.69) is 0 Å². The lowest BCUT2D eigenvalue weighted by molar-refractivity contribution is -0.123. The average molecular weight is 499 g/mol. The fourth-order valence-corrected chi connectivity index (χ4v) is 4.64. The van der Waals surface area contributed by atoms with Crippen LogP contribution in [0.25, 0.3) is 17.4 Å². The highest BCUT2D eigenvalue weighted by Crippen LogP contribution is 2.36. The second-order valence-corrected chi connectivity index (χ2v) is 9.01. The van der Waals surface area contributed by atoms with Crippen molar-refractivity contribution in [1.82, 2.24) is 4.90 Å². The Morgan fingerprint density at radius 3 is 2.30 bits per heavy atom. The molecule has 30 heavy (non-hydrogen) atoms. The maximum Gasteiger partial charge on any atom is 0.293 e. The van der Waals surface area contributed by atoms with Crippen LogP contribution in [0.2, 0.25) is 20.1 Å². The van der Waals surface area contributed by atoms with Gasteiger partial charge in [-0.3, -0.25) is 14.5 Å². The minimum atomic E-state index is -0.418. The first-order chi connectivity index (χ1) is 14.3. The fraction of sp³-hybridized carbons (Fsp3) is 0.0476. The summed E-state index contributed by atoms with van der Waals surface area (Å²) in [5, 5.41) is 1.45. The van der Waals surface area contributed by atoms with Gasteiger partial charge in [0.1, 0.15) is 11.5 Å². The van der Waals surface area contributed by atoms with Crippen molar-refractivity contribution in [3.05, 3.63) is 84.9 Å². The summed E-state index contributed by atoms with van der Waals surface area (Å²) in [6, 6.07) is 13.4. The summed E-state index contributed by atoms with van der Waals surface area (Å²) >= 11 is 25.0. The van der Waals surface area contributed by atoms with E-state index in [9.17, 15) is 9.59 Å². The Labute approximate surface area is 196 Å². The van der Waals surface area contributed by atoms with Gasteiger partial charge >= 0.3 is 0 Å². The summed E-state index contributed by atoms with van der Waals surface area (Å²) in [5.74, 6) is 0.527. The Bertz CT molecular complexity index is 1200. The molecule has 0 aliphatic carbocycles. The topological polar surface area (TPSA) is 50.5 Å². The number of thioether (sulfide) groups is 1. The zero-order valence-corrected chi connectivity index (χ0v) is 18.8. The van der Waals surface area contributed by atoms with Gasteiger partial charge < -0.3 is 4.42 Å². The summed E-state index contributed by atoms with van der Waals surface area (Å²) in [6.45, 7) is 0.0573. The quantitative estimate of drug-likeness (QED) is 0.344. The number of hydrogen-bond acceptors (Lipinski definition) is 4. The van der Waals surface area contributed by atoms with Gasteiger partial charge in [-0.15, -0.1) is 0 Å². The lowest BCUT2D eigenvalue weighted by atomic mass is 10.2. The second kappa shape index (κ2) is 8.69. The van der Waals surface area contributed by atoms with Crippen LogP contribution in [0.3, 0.4) is 0 Å². The van der Waals surface area contributed by atoms with E-state index in [1.807, 2.05) is 0 Å². The molecule has 0 atom stereocenters. The molecule has 2 amide bonds. The van der Waals surface area contributed by atoms with Crippen LogP contribution >= 0.6 is 58.2 Å². The minimum absolute atomic E-state index is 0.0573. The molecule has 9 heteroatoms. The van der Waals surface area contributed by atoms with Crippen molar-refractivity contribution in [1.29, 1.82) is 0 Å². The van der Waals surface area contributed by atoms with E-state index in [4.69, 9.17) is 50.8 Å². The SMILES string of the molecule is O=C1S/C(=C\c2ccc(-c3ccc(Cl)cc3Cl)o2)C(=O)N1Cc1ccc(Cl)cc1Cl. The molecule has 2 aromatic carbocycles. The number of carbonyl (C=O) groups excluding carboxylic acids is 2. The van der Waals surface area contributed by atoms with Gasteiger partial charge in [0.05, 0.1) is 16.5 Å². The maximum atomic E-state index is 12.7. The van der Waals surface area contributed by atoms with Gasteiger partial charge in [0.15, 0.2) is 0 Å². The third kappa shape index (κ3) is 4.41. The van der Waals surface area contributed by atoms with Crippen molar-refractivity contribution in [3.8, 4) is 11.3 Å². The molecular formula is C21H11Cl4NO3S. The van der Waals surface area contributed by atoms with Crippen LogP contribution in [0.1, 0.15) is 11.3 Å². The smallest absolute Gasteiger partial charge is 0.293 e. The van der Waals surface area contributed by atoms with E-state index in [0.29, 0.717) is 42.7 Å². The predicted molar refractivity (Wildman–Crippen MR) is 122 cm³/mol. The Balaban J connectivity index is 1.56. The Morgan fingerprint density at radius 2 is 1.60 bits per heavy atom. The van der Waals surface area contributed by atoms with Crippen molar-refractivity contribution >= 4 is 75.4 Å².